The fourth-order valence-corrected chi connectivity index (χ4v) is 8.05. The molecule has 91 heavy (non-hydrogen) atoms. The van der Waals surface area contributed by atoms with Crippen molar-refractivity contribution in [3.63, 3.8) is 0 Å². The number of para-hydroxylation sites is 1. The molecule has 5 N–H and O–H groups in total. The molecule has 0 saturated carbocycles. The third kappa shape index (κ3) is 16.4. The summed E-state index contributed by atoms with van der Waals surface area (Å²) in [4.78, 5) is 102. The number of nitrogens with one attached hydrogen (secondary N) is 4. The van der Waals surface area contributed by atoms with Crippen LogP contribution in [-0.2, 0) is 0 Å². The van der Waals surface area contributed by atoms with E-state index >= 15 is 0 Å². The van der Waals surface area contributed by atoms with Gasteiger partial charge >= 0.3 is 0 Å². The summed E-state index contributed by atoms with van der Waals surface area (Å²) in [6.45, 7) is 3.49. The summed E-state index contributed by atoms with van der Waals surface area (Å²) in [6.07, 6.45) is 24.6. The first-order valence-corrected chi connectivity index (χ1v) is 26.6. The zero-order valence-corrected chi connectivity index (χ0v) is 47.8. The number of hydrogen-bond donors (Lipinski definition) is 5. The molecule has 0 aliphatic carbocycles. The number of non-ortho nitro benzene ring substituents is 1. The summed E-state index contributed by atoms with van der Waals surface area (Å²) in [5, 5.41) is 58.2. The molecule has 0 aliphatic heterocycles. The van der Waals surface area contributed by atoms with Gasteiger partial charge in [-0.15, -0.1) is 0 Å². The second-order valence-electron chi connectivity index (χ2n) is 18.4. The molecule has 0 spiro atoms. The maximum Gasteiger partial charge on any atom is 0.282 e. The number of carbonyl (C=O) groups is 4. The van der Waals surface area contributed by atoms with E-state index < -0.39 is 33.4 Å². The lowest BCUT2D eigenvalue weighted by molar-refractivity contribution is -0.385. The van der Waals surface area contributed by atoms with Crippen LogP contribution in [-0.4, -0.2) is 118 Å². The molecule has 0 radical (unpaired) electrons. The van der Waals surface area contributed by atoms with Gasteiger partial charge in [0.25, 0.3) is 35.0 Å². The highest BCUT2D eigenvalue weighted by Crippen LogP contribution is 2.24. The number of hydrogen-bond acceptors (Lipinski definition) is 21. The van der Waals surface area contributed by atoms with Gasteiger partial charge < -0.3 is 26.4 Å². The molecule has 33 heteroatoms. The molecule has 0 saturated heterocycles. The quantitative estimate of drug-likeness (QED) is 0.0502. The van der Waals surface area contributed by atoms with Gasteiger partial charge in [0.1, 0.15) is 17.1 Å². The van der Waals surface area contributed by atoms with Crippen molar-refractivity contribution in [3.8, 4) is 29.5 Å². The van der Waals surface area contributed by atoms with Crippen LogP contribution in [0.1, 0.15) is 52.6 Å². The SMILES string of the molecule is Cc1cc([N+](=O)[O-])ccc1C(=O)Nc1cnn(-c2ncccn2)c1.Cc1ccc(O)c(C(=O)Nc2cnn(-c3ncccn3)c2)c1.O=C(Nc1cnn(-c2ncccn2)c1)c1c(F)cccc1Cl.O=C(Nc1cnn(-c2ncccn2)c1)c1ccccc1[N+](=O)[O-]. The van der Waals surface area contributed by atoms with Crippen LogP contribution in [0.3, 0.4) is 0 Å². The second kappa shape index (κ2) is 29.2. The van der Waals surface area contributed by atoms with E-state index in [-0.39, 0.29) is 44.7 Å². The second-order valence-corrected chi connectivity index (χ2v) is 18.8. The molecular formula is C58H44ClFN22O9. The normalized spacial score (nSPS) is 10.4. The van der Waals surface area contributed by atoms with Crippen molar-refractivity contribution in [1.29, 1.82) is 0 Å². The van der Waals surface area contributed by atoms with Crippen molar-refractivity contribution >= 4 is 69.4 Å². The number of rotatable bonds is 14. The van der Waals surface area contributed by atoms with Gasteiger partial charge in [-0.05, 0) is 80.1 Å². The van der Waals surface area contributed by atoms with Crippen molar-refractivity contribution in [3.05, 3.63) is 267 Å². The Balaban J connectivity index is 0.000000144. The molecule has 0 unspecified atom stereocenters. The predicted molar refractivity (Wildman–Crippen MR) is 324 cm³/mol. The minimum atomic E-state index is -0.691. The highest BCUT2D eigenvalue weighted by atomic mass is 35.5. The third-order valence-corrected chi connectivity index (χ3v) is 12.3. The fourth-order valence-electron chi connectivity index (χ4n) is 7.80. The molecule has 4 amide bonds. The smallest absolute Gasteiger partial charge is 0.282 e. The van der Waals surface area contributed by atoms with Crippen LogP contribution in [0.15, 0.2) is 202 Å². The number of aryl methyl sites for hydroxylation is 2. The van der Waals surface area contributed by atoms with E-state index in [2.05, 4.69) is 81.5 Å². The Kier molecular flexibility index (Phi) is 20.0. The van der Waals surface area contributed by atoms with Crippen molar-refractivity contribution < 1.29 is 38.5 Å². The van der Waals surface area contributed by atoms with Crippen molar-refractivity contribution in [2.24, 2.45) is 0 Å². The molecule has 0 atom stereocenters. The molecule has 0 bridgehead atoms. The van der Waals surface area contributed by atoms with Gasteiger partial charge in [0.2, 0.25) is 23.8 Å². The van der Waals surface area contributed by atoms with Gasteiger partial charge in [-0.25, -0.2) is 63.0 Å². The van der Waals surface area contributed by atoms with E-state index in [1.807, 2.05) is 6.92 Å². The first-order chi connectivity index (χ1) is 44.0. The molecule has 12 aromatic rings. The topological polar surface area (TPSA) is 397 Å². The van der Waals surface area contributed by atoms with Crippen LogP contribution in [0, 0.1) is 39.9 Å². The Hall–Kier alpha value is -13.3. The first-order valence-electron chi connectivity index (χ1n) is 26.2. The van der Waals surface area contributed by atoms with Crippen molar-refractivity contribution in [1.82, 2.24) is 79.0 Å². The molecule has 8 heterocycles. The number of carbonyl (C=O) groups excluding carboxylic acids is 4. The number of amides is 4. The number of nitrogens with zero attached hydrogens (tertiary/aromatic N) is 18. The number of phenols is 1. The maximum absolute atomic E-state index is 13.7. The van der Waals surface area contributed by atoms with Gasteiger partial charge in [-0.2, -0.15) is 20.4 Å². The lowest BCUT2D eigenvalue weighted by atomic mass is 10.1. The van der Waals surface area contributed by atoms with Gasteiger partial charge in [0.05, 0.1) is 98.3 Å². The highest BCUT2D eigenvalue weighted by molar-refractivity contribution is 6.34. The van der Waals surface area contributed by atoms with E-state index in [0.717, 1.165) is 5.56 Å². The molecule has 0 aliphatic rings. The summed E-state index contributed by atoms with van der Waals surface area (Å²) < 4.78 is 19.3. The molecule has 4 aromatic carbocycles. The number of anilines is 4. The van der Waals surface area contributed by atoms with Crippen LogP contribution in [0.25, 0.3) is 23.8 Å². The Morgan fingerprint density at radius 3 is 1.29 bits per heavy atom. The van der Waals surface area contributed by atoms with Gasteiger partial charge in [-0.3, -0.25) is 39.4 Å². The lowest BCUT2D eigenvalue weighted by Crippen LogP contribution is -2.14. The van der Waals surface area contributed by atoms with Crippen LogP contribution in [0.5, 0.6) is 5.75 Å². The van der Waals surface area contributed by atoms with Crippen molar-refractivity contribution in [2.45, 2.75) is 13.8 Å². The number of phenolic OH excluding ortho intramolecular Hbond substituents is 1. The van der Waals surface area contributed by atoms with Crippen LogP contribution < -0.4 is 21.3 Å². The van der Waals surface area contributed by atoms with Crippen LogP contribution in [0.4, 0.5) is 38.5 Å². The number of aromatic hydroxyl groups is 1. The zero-order valence-electron chi connectivity index (χ0n) is 47.1. The number of benzene rings is 4. The third-order valence-electron chi connectivity index (χ3n) is 12.0. The number of aromatic nitrogens is 16. The summed E-state index contributed by atoms with van der Waals surface area (Å²) in [5.74, 6) is -1.31. The molecular weight excluding hydrogens is 1200 g/mol. The Bertz CT molecular complexity index is 4540. The fraction of sp³-hybridized carbons (Fsp3) is 0.0345. The van der Waals surface area contributed by atoms with E-state index in [9.17, 15) is 48.9 Å². The monoisotopic (exact) mass is 1250 g/mol. The summed E-state index contributed by atoms with van der Waals surface area (Å²) in [7, 11) is 0. The van der Waals surface area contributed by atoms with E-state index in [1.165, 1.54) is 117 Å². The minimum Gasteiger partial charge on any atom is -0.507 e. The molecule has 0 fully saturated rings. The molecule has 8 aromatic heterocycles. The largest absolute Gasteiger partial charge is 0.507 e. The molecule has 31 nitrogen and oxygen atoms in total. The average Bonchev–Trinajstić information content (AvgIpc) is 2.22. The highest BCUT2D eigenvalue weighted by Gasteiger charge is 2.21. The Morgan fingerprint density at radius 1 is 0.473 bits per heavy atom. The Morgan fingerprint density at radius 2 is 0.879 bits per heavy atom. The van der Waals surface area contributed by atoms with Gasteiger partial charge in [0.15, 0.2) is 0 Å². The van der Waals surface area contributed by atoms with Crippen molar-refractivity contribution in [2.75, 3.05) is 21.3 Å². The standard InChI is InChI=1S/C15H12N6O3.C15H13N5O2.C14H9ClFN5O.C14H10N6O3/c1-10-7-12(21(23)24)3-4-13(10)14(22)19-11-8-18-20(9-11)15-16-5-2-6-17-15;1-10-3-4-13(21)12(7-10)14(22)19-11-8-18-20(9-11)15-16-5-2-6-17-15;15-10-3-1-4-11(16)12(10)13(22)20-9-7-19-21(8-9)14-17-5-2-6-18-14;21-13(11-4-1-2-5-12(11)20(22)23)18-10-8-17-19(9-10)14-15-6-3-7-16-14/h2-9H,1H3,(H,19,22);2-9,21H,1H3,(H,19,22);1-8H,(H,20,22);1-9H,(H,18,21). The zero-order chi connectivity index (χ0) is 64.4. The maximum atomic E-state index is 13.7. The number of nitro benzene ring substituents is 2. The van der Waals surface area contributed by atoms with Crippen LogP contribution in [0.2, 0.25) is 5.02 Å². The van der Waals surface area contributed by atoms with Gasteiger partial charge in [-0.1, -0.05) is 41.4 Å². The van der Waals surface area contributed by atoms with E-state index in [0.29, 0.717) is 57.7 Å². The number of nitro groups is 2. The Labute approximate surface area is 516 Å². The molecule has 454 valence electrons. The summed E-state index contributed by atoms with van der Waals surface area (Å²) >= 11 is 5.85. The average molecular weight is 1250 g/mol. The lowest BCUT2D eigenvalue weighted by Gasteiger charge is -2.05. The number of halogens is 2. The van der Waals surface area contributed by atoms with E-state index in [1.54, 1.807) is 111 Å². The minimum absolute atomic E-state index is 0.0267. The first kappa shape index (κ1) is 62.3. The van der Waals surface area contributed by atoms with Gasteiger partial charge in [0, 0.05) is 73.3 Å². The van der Waals surface area contributed by atoms with Crippen LogP contribution >= 0.6 is 11.6 Å². The molecule has 12 rings (SSSR count). The summed E-state index contributed by atoms with van der Waals surface area (Å²) in [5.41, 5.74) is 3.10. The van der Waals surface area contributed by atoms with E-state index in [4.69, 9.17) is 11.6 Å². The predicted octanol–water partition coefficient (Wildman–Crippen LogP) is 8.59. The summed E-state index contributed by atoms with van der Waals surface area (Å²) in [6, 6.07) is 25.4.